The zero-order valence-corrected chi connectivity index (χ0v) is 11.6. The zero-order valence-electron chi connectivity index (χ0n) is 10.0. The van der Waals surface area contributed by atoms with Gasteiger partial charge in [-0.15, -0.1) is 11.8 Å². The molecule has 0 amide bonds. The molecular weight excluding hydrogens is 282 g/mol. The molecule has 0 fully saturated rings. The maximum Gasteiger partial charge on any atom is 0.220 e. The predicted octanol–water partition coefficient (Wildman–Crippen LogP) is 4.45. The summed E-state index contributed by atoms with van der Waals surface area (Å²) in [6.07, 6.45) is 0. The Labute approximate surface area is 120 Å². The lowest BCUT2D eigenvalue weighted by molar-refractivity contribution is -0.479. The maximum absolute atomic E-state index is 10.8. The zero-order chi connectivity index (χ0) is 13.7. The Morgan fingerprint density at radius 2 is 1.74 bits per heavy atom. The molecule has 0 aliphatic heterocycles. The normalized spacial score (nSPS) is 12.1. The van der Waals surface area contributed by atoms with Crippen molar-refractivity contribution in [2.75, 3.05) is 6.54 Å². The van der Waals surface area contributed by atoms with Gasteiger partial charge < -0.3 is 0 Å². The van der Waals surface area contributed by atoms with E-state index >= 15 is 0 Å². The lowest BCUT2D eigenvalue weighted by Crippen LogP contribution is -2.09. The highest BCUT2D eigenvalue weighted by Gasteiger charge is 2.19. The molecule has 2 aromatic carbocycles. The summed E-state index contributed by atoms with van der Waals surface area (Å²) in [5.41, 5.74) is 0.912. The fourth-order valence-electron chi connectivity index (χ4n) is 1.69. The van der Waals surface area contributed by atoms with Gasteiger partial charge in [-0.2, -0.15) is 0 Å². The molecule has 0 saturated carbocycles. The number of rotatable bonds is 5. The van der Waals surface area contributed by atoms with E-state index < -0.39 is 0 Å². The fraction of sp³-hybridized carbons (Fsp3) is 0.143. The van der Waals surface area contributed by atoms with Crippen LogP contribution in [-0.4, -0.2) is 11.5 Å². The topological polar surface area (TPSA) is 43.1 Å². The van der Waals surface area contributed by atoms with Crippen LogP contribution in [0.2, 0.25) is 5.02 Å². The standard InChI is InChI=1S/C14H12ClNO2S/c15-12-8-6-11(7-9-12)14(10-16(17)18)19-13-4-2-1-3-5-13/h1-9,14H,10H2. The van der Waals surface area contributed by atoms with Gasteiger partial charge in [0.05, 0.1) is 5.25 Å². The van der Waals surface area contributed by atoms with Crippen molar-refractivity contribution in [2.24, 2.45) is 0 Å². The second-order valence-electron chi connectivity index (χ2n) is 3.99. The number of nitrogens with zero attached hydrogens (tertiary/aromatic N) is 1. The quantitative estimate of drug-likeness (QED) is 0.465. The van der Waals surface area contributed by atoms with Gasteiger partial charge in [0.25, 0.3) is 0 Å². The summed E-state index contributed by atoms with van der Waals surface area (Å²) >= 11 is 7.33. The minimum Gasteiger partial charge on any atom is -0.264 e. The first kappa shape index (κ1) is 13.9. The van der Waals surface area contributed by atoms with Crippen molar-refractivity contribution in [2.45, 2.75) is 10.1 Å². The minimum absolute atomic E-state index is 0.110. The summed E-state index contributed by atoms with van der Waals surface area (Å²) in [7, 11) is 0. The van der Waals surface area contributed by atoms with E-state index in [9.17, 15) is 10.1 Å². The highest BCUT2D eigenvalue weighted by atomic mass is 35.5. The molecule has 0 aliphatic carbocycles. The Balaban J connectivity index is 2.20. The number of hydrogen-bond acceptors (Lipinski definition) is 3. The molecule has 19 heavy (non-hydrogen) atoms. The van der Waals surface area contributed by atoms with Gasteiger partial charge in [0.2, 0.25) is 6.54 Å². The molecule has 0 spiro atoms. The number of nitro groups is 1. The van der Waals surface area contributed by atoms with E-state index in [4.69, 9.17) is 11.6 Å². The molecule has 2 rings (SSSR count). The largest absolute Gasteiger partial charge is 0.264 e. The third-order valence-corrected chi connectivity index (χ3v) is 4.08. The summed E-state index contributed by atoms with van der Waals surface area (Å²) in [5, 5.41) is 11.2. The molecule has 98 valence electrons. The van der Waals surface area contributed by atoms with Crippen LogP contribution in [0.25, 0.3) is 0 Å². The summed E-state index contributed by atoms with van der Waals surface area (Å²) in [5.74, 6) is 0. The summed E-state index contributed by atoms with van der Waals surface area (Å²) in [6, 6.07) is 16.9. The predicted molar refractivity (Wildman–Crippen MR) is 78.4 cm³/mol. The molecule has 2 aromatic rings. The van der Waals surface area contributed by atoms with E-state index in [1.807, 2.05) is 42.5 Å². The van der Waals surface area contributed by atoms with Crippen LogP contribution in [0.5, 0.6) is 0 Å². The Morgan fingerprint density at radius 3 is 2.32 bits per heavy atom. The van der Waals surface area contributed by atoms with Crippen molar-refractivity contribution >= 4 is 23.4 Å². The molecule has 0 N–H and O–H groups in total. The van der Waals surface area contributed by atoms with Crippen LogP contribution >= 0.6 is 23.4 Å². The van der Waals surface area contributed by atoms with E-state index in [1.54, 1.807) is 12.1 Å². The van der Waals surface area contributed by atoms with Gasteiger partial charge in [0, 0.05) is 14.8 Å². The van der Waals surface area contributed by atoms with E-state index in [1.165, 1.54) is 11.8 Å². The van der Waals surface area contributed by atoms with Crippen molar-refractivity contribution in [1.82, 2.24) is 0 Å². The molecule has 3 nitrogen and oxygen atoms in total. The average Bonchev–Trinajstić information content (AvgIpc) is 2.39. The Morgan fingerprint density at radius 1 is 1.11 bits per heavy atom. The van der Waals surface area contributed by atoms with Crippen LogP contribution in [0.4, 0.5) is 0 Å². The molecule has 0 aromatic heterocycles. The lowest BCUT2D eigenvalue weighted by Gasteiger charge is -2.13. The van der Waals surface area contributed by atoms with Gasteiger partial charge in [-0.1, -0.05) is 41.9 Å². The molecule has 0 radical (unpaired) electrons. The maximum atomic E-state index is 10.8. The molecule has 0 heterocycles. The van der Waals surface area contributed by atoms with Crippen molar-refractivity contribution in [3.8, 4) is 0 Å². The van der Waals surface area contributed by atoms with Crippen molar-refractivity contribution < 1.29 is 4.92 Å². The first-order chi connectivity index (χ1) is 9.15. The highest BCUT2D eigenvalue weighted by Crippen LogP contribution is 2.35. The molecular formula is C14H12ClNO2S. The first-order valence-corrected chi connectivity index (χ1v) is 7.00. The SMILES string of the molecule is O=[N+]([O-])CC(Sc1ccccc1)c1ccc(Cl)cc1. The smallest absolute Gasteiger partial charge is 0.220 e. The van der Waals surface area contributed by atoms with Crippen molar-refractivity contribution in [3.05, 3.63) is 75.3 Å². The van der Waals surface area contributed by atoms with Gasteiger partial charge in [-0.3, -0.25) is 10.1 Å². The lowest BCUT2D eigenvalue weighted by atomic mass is 10.1. The summed E-state index contributed by atoms with van der Waals surface area (Å²) in [6.45, 7) is -0.110. The summed E-state index contributed by atoms with van der Waals surface area (Å²) in [4.78, 5) is 11.5. The van der Waals surface area contributed by atoms with E-state index in [-0.39, 0.29) is 16.7 Å². The van der Waals surface area contributed by atoms with Gasteiger partial charge in [-0.05, 0) is 29.8 Å². The fourth-order valence-corrected chi connectivity index (χ4v) is 2.95. The van der Waals surface area contributed by atoms with Crippen molar-refractivity contribution in [1.29, 1.82) is 0 Å². The second kappa shape index (κ2) is 6.59. The summed E-state index contributed by atoms with van der Waals surface area (Å²) < 4.78 is 0. The van der Waals surface area contributed by atoms with E-state index in [0.717, 1.165) is 10.5 Å². The number of halogens is 1. The Bertz CT molecular complexity index is 545. The highest BCUT2D eigenvalue weighted by molar-refractivity contribution is 7.99. The second-order valence-corrected chi connectivity index (χ2v) is 5.70. The van der Waals surface area contributed by atoms with Crippen LogP contribution in [-0.2, 0) is 0 Å². The Hall–Kier alpha value is -1.52. The minimum atomic E-state index is -0.283. The molecule has 1 atom stereocenters. The monoisotopic (exact) mass is 293 g/mol. The third-order valence-electron chi connectivity index (χ3n) is 2.58. The number of thioether (sulfide) groups is 1. The molecule has 5 heteroatoms. The van der Waals surface area contributed by atoms with Crippen LogP contribution in [0, 0.1) is 10.1 Å². The first-order valence-electron chi connectivity index (χ1n) is 5.74. The average molecular weight is 294 g/mol. The van der Waals surface area contributed by atoms with Crippen molar-refractivity contribution in [3.63, 3.8) is 0 Å². The van der Waals surface area contributed by atoms with Crippen LogP contribution < -0.4 is 0 Å². The van der Waals surface area contributed by atoms with Gasteiger partial charge in [0.15, 0.2) is 0 Å². The van der Waals surface area contributed by atoms with Crippen LogP contribution in [0.3, 0.4) is 0 Å². The molecule has 1 unspecified atom stereocenters. The van der Waals surface area contributed by atoms with Crippen LogP contribution in [0.1, 0.15) is 10.8 Å². The van der Waals surface area contributed by atoms with Gasteiger partial charge in [-0.25, -0.2) is 0 Å². The molecule has 0 aliphatic rings. The number of hydrogen-bond donors (Lipinski definition) is 0. The van der Waals surface area contributed by atoms with E-state index in [0.29, 0.717) is 5.02 Å². The number of benzene rings is 2. The van der Waals surface area contributed by atoms with Crippen LogP contribution in [0.15, 0.2) is 59.5 Å². The van der Waals surface area contributed by atoms with Gasteiger partial charge in [0.1, 0.15) is 0 Å². The Kier molecular flexibility index (Phi) is 4.82. The van der Waals surface area contributed by atoms with E-state index in [2.05, 4.69) is 0 Å². The molecule has 0 bridgehead atoms. The third kappa shape index (κ3) is 4.26. The molecule has 0 saturated heterocycles. The van der Waals surface area contributed by atoms with Gasteiger partial charge >= 0.3 is 0 Å².